The molecule has 0 aromatic heterocycles. The first-order valence-electron chi connectivity index (χ1n) is 10.8. The summed E-state index contributed by atoms with van der Waals surface area (Å²) in [5, 5.41) is 3.02. The Morgan fingerprint density at radius 3 is 2.58 bits per heavy atom. The SMILES string of the molecule is CCCCOc1ccc(C(=O)NCC(c2ccc(F)cc2)N2CCOCC2)cc1OC. The van der Waals surface area contributed by atoms with Gasteiger partial charge in [0.1, 0.15) is 5.82 Å². The maximum Gasteiger partial charge on any atom is 0.251 e. The van der Waals surface area contributed by atoms with Crippen molar-refractivity contribution in [3.63, 3.8) is 0 Å². The van der Waals surface area contributed by atoms with Crippen LogP contribution in [0.5, 0.6) is 11.5 Å². The van der Waals surface area contributed by atoms with Crippen molar-refractivity contribution in [2.75, 3.05) is 46.6 Å². The Balaban J connectivity index is 1.69. The zero-order chi connectivity index (χ0) is 22.1. The van der Waals surface area contributed by atoms with Crippen LogP contribution in [0, 0.1) is 5.82 Å². The van der Waals surface area contributed by atoms with Crippen LogP contribution in [0.25, 0.3) is 0 Å². The monoisotopic (exact) mass is 430 g/mol. The summed E-state index contributed by atoms with van der Waals surface area (Å²) in [6, 6.07) is 11.6. The summed E-state index contributed by atoms with van der Waals surface area (Å²) in [6.45, 7) is 5.92. The third-order valence-electron chi connectivity index (χ3n) is 5.38. The standard InChI is InChI=1S/C24H31FN2O4/c1-3-4-13-31-22-10-7-19(16-23(22)29-2)24(28)26-17-21(27-11-14-30-15-12-27)18-5-8-20(25)9-6-18/h5-10,16,21H,3-4,11-15,17H2,1-2H3,(H,26,28). The first-order chi connectivity index (χ1) is 15.1. The second-order valence-corrected chi connectivity index (χ2v) is 7.49. The van der Waals surface area contributed by atoms with Crippen molar-refractivity contribution in [1.82, 2.24) is 10.2 Å². The van der Waals surface area contributed by atoms with Gasteiger partial charge in [0, 0.05) is 25.2 Å². The summed E-state index contributed by atoms with van der Waals surface area (Å²) in [6.07, 6.45) is 2.00. The minimum Gasteiger partial charge on any atom is -0.493 e. The van der Waals surface area contributed by atoms with Crippen molar-refractivity contribution >= 4 is 5.91 Å². The number of benzene rings is 2. The summed E-state index contributed by atoms with van der Waals surface area (Å²) in [7, 11) is 1.56. The molecule has 2 aromatic carbocycles. The number of amides is 1. The molecule has 0 spiro atoms. The molecule has 31 heavy (non-hydrogen) atoms. The van der Waals surface area contributed by atoms with Gasteiger partial charge in [0.25, 0.3) is 5.91 Å². The summed E-state index contributed by atoms with van der Waals surface area (Å²) in [5.74, 6) is 0.692. The van der Waals surface area contributed by atoms with Crippen molar-refractivity contribution in [1.29, 1.82) is 0 Å². The Kier molecular flexibility index (Phi) is 8.67. The van der Waals surface area contributed by atoms with Gasteiger partial charge in [-0.15, -0.1) is 0 Å². The van der Waals surface area contributed by atoms with Gasteiger partial charge in [-0.1, -0.05) is 25.5 Å². The number of methoxy groups -OCH3 is 1. The van der Waals surface area contributed by atoms with E-state index >= 15 is 0 Å². The molecule has 0 radical (unpaired) electrons. The van der Waals surface area contributed by atoms with Crippen LogP contribution in [-0.2, 0) is 4.74 Å². The number of nitrogens with one attached hydrogen (secondary N) is 1. The lowest BCUT2D eigenvalue weighted by Crippen LogP contribution is -2.43. The lowest BCUT2D eigenvalue weighted by atomic mass is 10.0. The van der Waals surface area contributed by atoms with Gasteiger partial charge < -0.3 is 19.5 Å². The van der Waals surface area contributed by atoms with Gasteiger partial charge in [0.05, 0.1) is 33.0 Å². The van der Waals surface area contributed by atoms with Crippen molar-refractivity contribution in [2.45, 2.75) is 25.8 Å². The number of carbonyl (C=O) groups is 1. The minimum absolute atomic E-state index is 0.0630. The molecule has 1 N–H and O–H groups in total. The van der Waals surface area contributed by atoms with Gasteiger partial charge in [0.2, 0.25) is 0 Å². The molecule has 0 bridgehead atoms. The highest BCUT2D eigenvalue weighted by molar-refractivity contribution is 5.94. The zero-order valence-corrected chi connectivity index (χ0v) is 18.2. The first kappa shape index (κ1) is 23.0. The smallest absolute Gasteiger partial charge is 0.251 e. The summed E-state index contributed by atoms with van der Waals surface area (Å²) in [5.41, 5.74) is 1.46. The van der Waals surface area contributed by atoms with Gasteiger partial charge in [-0.3, -0.25) is 9.69 Å². The normalized spacial score (nSPS) is 15.3. The molecule has 1 amide bonds. The topological polar surface area (TPSA) is 60.0 Å². The molecule has 168 valence electrons. The number of ether oxygens (including phenoxy) is 3. The van der Waals surface area contributed by atoms with Gasteiger partial charge in [-0.2, -0.15) is 0 Å². The van der Waals surface area contributed by atoms with Gasteiger partial charge in [0.15, 0.2) is 11.5 Å². The maximum atomic E-state index is 13.4. The number of carbonyl (C=O) groups excluding carboxylic acids is 1. The van der Waals surface area contributed by atoms with Crippen LogP contribution in [0.3, 0.4) is 0 Å². The summed E-state index contributed by atoms with van der Waals surface area (Å²) in [4.78, 5) is 15.1. The number of morpholine rings is 1. The van der Waals surface area contributed by atoms with E-state index in [-0.39, 0.29) is 17.8 Å². The predicted molar refractivity (Wildman–Crippen MR) is 117 cm³/mol. The van der Waals surface area contributed by atoms with E-state index in [9.17, 15) is 9.18 Å². The fourth-order valence-corrected chi connectivity index (χ4v) is 3.58. The largest absolute Gasteiger partial charge is 0.493 e. The molecule has 1 atom stereocenters. The lowest BCUT2D eigenvalue weighted by Gasteiger charge is -2.35. The van der Waals surface area contributed by atoms with Gasteiger partial charge >= 0.3 is 0 Å². The zero-order valence-electron chi connectivity index (χ0n) is 18.2. The Hall–Kier alpha value is -2.64. The summed E-state index contributed by atoms with van der Waals surface area (Å²) >= 11 is 0. The first-order valence-corrected chi connectivity index (χ1v) is 10.8. The second kappa shape index (κ2) is 11.7. The Morgan fingerprint density at radius 1 is 1.16 bits per heavy atom. The molecule has 2 aromatic rings. The fourth-order valence-electron chi connectivity index (χ4n) is 3.58. The molecule has 1 aliphatic heterocycles. The van der Waals surface area contributed by atoms with Crippen LogP contribution in [0.4, 0.5) is 4.39 Å². The van der Waals surface area contributed by atoms with E-state index < -0.39 is 0 Å². The summed E-state index contributed by atoms with van der Waals surface area (Å²) < 4.78 is 30.0. The number of halogens is 1. The quantitative estimate of drug-likeness (QED) is 0.581. The average Bonchev–Trinajstić information content (AvgIpc) is 2.81. The second-order valence-electron chi connectivity index (χ2n) is 7.49. The number of hydrogen-bond acceptors (Lipinski definition) is 5. The molecule has 3 rings (SSSR count). The van der Waals surface area contributed by atoms with E-state index in [0.717, 1.165) is 31.5 Å². The molecule has 1 fully saturated rings. The fraction of sp³-hybridized carbons (Fsp3) is 0.458. The molecule has 0 saturated carbocycles. The molecular formula is C24H31FN2O4. The number of unbranched alkanes of at least 4 members (excludes halogenated alkanes) is 1. The Bertz CT molecular complexity index is 838. The predicted octanol–water partition coefficient (Wildman–Crippen LogP) is 3.82. The van der Waals surface area contributed by atoms with Crippen LogP contribution in [0.1, 0.15) is 41.7 Å². The van der Waals surface area contributed by atoms with E-state index in [1.807, 2.05) is 0 Å². The highest BCUT2D eigenvalue weighted by atomic mass is 19.1. The van der Waals surface area contributed by atoms with Crippen molar-refractivity contribution in [3.8, 4) is 11.5 Å². The third kappa shape index (κ3) is 6.42. The van der Waals surface area contributed by atoms with E-state index in [0.29, 0.717) is 43.4 Å². The van der Waals surface area contributed by atoms with Crippen molar-refractivity contribution in [3.05, 3.63) is 59.4 Å². The van der Waals surface area contributed by atoms with Crippen LogP contribution < -0.4 is 14.8 Å². The van der Waals surface area contributed by atoms with E-state index in [2.05, 4.69) is 17.1 Å². The molecule has 6 nitrogen and oxygen atoms in total. The van der Waals surface area contributed by atoms with Crippen molar-refractivity contribution in [2.24, 2.45) is 0 Å². The van der Waals surface area contributed by atoms with E-state index in [1.54, 1.807) is 37.4 Å². The van der Waals surface area contributed by atoms with Crippen LogP contribution in [-0.4, -0.2) is 57.4 Å². The Labute approximate surface area is 183 Å². The van der Waals surface area contributed by atoms with Gasteiger partial charge in [-0.05, 0) is 42.3 Å². The molecule has 1 heterocycles. The molecule has 1 saturated heterocycles. The highest BCUT2D eigenvalue weighted by Gasteiger charge is 2.23. The van der Waals surface area contributed by atoms with Crippen LogP contribution in [0.15, 0.2) is 42.5 Å². The van der Waals surface area contributed by atoms with Gasteiger partial charge in [-0.25, -0.2) is 4.39 Å². The van der Waals surface area contributed by atoms with E-state index in [4.69, 9.17) is 14.2 Å². The van der Waals surface area contributed by atoms with Crippen LogP contribution in [0.2, 0.25) is 0 Å². The molecule has 1 aliphatic rings. The number of hydrogen-bond donors (Lipinski definition) is 1. The lowest BCUT2D eigenvalue weighted by molar-refractivity contribution is 0.0162. The van der Waals surface area contributed by atoms with Crippen molar-refractivity contribution < 1.29 is 23.4 Å². The highest BCUT2D eigenvalue weighted by Crippen LogP contribution is 2.28. The third-order valence-corrected chi connectivity index (χ3v) is 5.38. The average molecular weight is 431 g/mol. The molecule has 1 unspecified atom stereocenters. The molecule has 7 heteroatoms. The Morgan fingerprint density at radius 2 is 1.90 bits per heavy atom. The van der Waals surface area contributed by atoms with E-state index in [1.165, 1.54) is 12.1 Å². The minimum atomic E-state index is -0.276. The van der Waals surface area contributed by atoms with Crippen LogP contribution >= 0.6 is 0 Å². The number of nitrogens with zero attached hydrogens (tertiary/aromatic N) is 1. The molecular weight excluding hydrogens is 399 g/mol. The maximum absolute atomic E-state index is 13.4. The molecule has 0 aliphatic carbocycles. The number of rotatable bonds is 10.